The van der Waals surface area contributed by atoms with Crippen LogP contribution in [-0.2, 0) is 9.53 Å². The van der Waals surface area contributed by atoms with E-state index < -0.39 is 6.17 Å². The standard InChI is InChI=1S/C8H9FO2/c9-6-3-1-4-5(2-3)8(10)11-7(4)6/h3-7H,1-2H2/t3-,4-,5+,6-,7+/m1/s1. The van der Waals surface area contributed by atoms with Crippen molar-refractivity contribution in [1.82, 2.24) is 0 Å². The second-order valence-corrected chi connectivity index (χ2v) is 3.85. The van der Waals surface area contributed by atoms with Crippen molar-refractivity contribution >= 4 is 5.97 Å². The van der Waals surface area contributed by atoms with Gasteiger partial charge < -0.3 is 4.74 Å². The number of hydrogen-bond acceptors (Lipinski definition) is 2. The minimum Gasteiger partial charge on any atom is -0.459 e. The summed E-state index contributed by atoms with van der Waals surface area (Å²) in [5.74, 6) is 0.253. The van der Waals surface area contributed by atoms with Gasteiger partial charge in [-0.25, -0.2) is 4.39 Å². The average molecular weight is 156 g/mol. The normalized spacial score (nSPS) is 58.6. The molecule has 2 bridgehead atoms. The first-order valence-electron chi connectivity index (χ1n) is 4.12. The highest BCUT2D eigenvalue weighted by Gasteiger charge is 2.62. The predicted octanol–water partition coefficient (Wildman–Crippen LogP) is 0.906. The third-order valence-electron chi connectivity index (χ3n) is 3.39. The van der Waals surface area contributed by atoms with Gasteiger partial charge in [-0.3, -0.25) is 4.79 Å². The minimum absolute atomic E-state index is 0.0528. The predicted molar refractivity (Wildman–Crippen MR) is 34.5 cm³/mol. The van der Waals surface area contributed by atoms with E-state index in [2.05, 4.69) is 0 Å². The lowest BCUT2D eigenvalue weighted by Crippen LogP contribution is -2.27. The fourth-order valence-corrected chi connectivity index (χ4v) is 2.88. The molecule has 0 N–H and O–H groups in total. The molecule has 11 heavy (non-hydrogen) atoms. The lowest BCUT2D eigenvalue weighted by molar-refractivity contribution is -0.144. The Kier molecular flexibility index (Phi) is 0.866. The van der Waals surface area contributed by atoms with E-state index in [9.17, 15) is 9.18 Å². The van der Waals surface area contributed by atoms with Crippen molar-refractivity contribution in [3.8, 4) is 0 Å². The molecule has 60 valence electrons. The summed E-state index contributed by atoms with van der Waals surface area (Å²) >= 11 is 0. The number of alkyl halides is 1. The van der Waals surface area contributed by atoms with Crippen LogP contribution in [0.5, 0.6) is 0 Å². The van der Waals surface area contributed by atoms with Crippen LogP contribution >= 0.6 is 0 Å². The molecular formula is C8H9FO2. The molecule has 0 amide bonds. The van der Waals surface area contributed by atoms with Crippen molar-refractivity contribution in [3.05, 3.63) is 0 Å². The average Bonchev–Trinajstić information content (AvgIpc) is 2.53. The van der Waals surface area contributed by atoms with Gasteiger partial charge in [0, 0.05) is 5.92 Å². The van der Waals surface area contributed by atoms with E-state index in [1.165, 1.54) is 0 Å². The van der Waals surface area contributed by atoms with E-state index in [0.29, 0.717) is 0 Å². The van der Waals surface area contributed by atoms with E-state index in [1.807, 2.05) is 0 Å². The van der Waals surface area contributed by atoms with E-state index in [4.69, 9.17) is 4.74 Å². The van der Waals surface area contributed by atoms with E-state index in [1.54, 1.807) is 0 Å². The van der Waals surface area contributed by atoms with E-state index in [0.717, 1.165) is 12.8 Å². The molecule has 0 unspecified atom stereocenters. The number of rotatable bonds is 0. The summed E-state index contributed by atoms with van der Waals surface area (Å²) < 4.78 is 18.1. The molecule has 2 saturated carbocycles. The maximum Gasteiger partial charge on any atom is 0.309 e. The molecule has 3 aliphatic rings. The monoisotopic (exact) mass is 156 g/mol. The highest BCUT2D eigenvalue weighted by Crippen LogP contribution is 2.55. The number of carbonyl (C=O) groups excluding carboxylic acids is 1. The molecule has 0 radical (unpaired) electrons. The largest absolute Gasteiger partial charge is 0.459 e. The molecule has 5 atom stereocenters. The number of fused-ring (bicyclic) bond motifs is 1. The molecule has 2 aliphatic carbocycles. The molecule has 3 heteroatoms. The minimum atomic E-state index is -0.859. The highest BCUT2D eigenvalue weighted by atomic mass is 19.1. The van der Waals surface area contributed by atoms with Crippen LogP contribution in [0.3, 0.4) is 0 Å². The van der Waals surface area contributed by atoms with Crippen molar-refractivity contribution in [2.24, 2.45) is 17.8 Å². The lowest BCUT2D eigenvalue weighted by Gasteiger charge is -2.17. The maximum atomic E-state index is 13.2. The molecular weight excluding hydrogens is 147 g/mol. The quantitative estimate of drug-likeness (QED) is 0.487. The molecule has 2 nitrogen and oxygen atoms in total. The molecule has 0 spiro atoms. The SMILES string of the molecule is O=C1O[C@@H]2[C@H](F)[C@@H]3C[C@@H]2[C@@H]1C3. The van der Waals surface area contributed by atoms with Crippen LogP contribution in [0.25, 0.3) is 0 Å². The highest BCUT2D eigenvalue weighted by molar-refractivity contribution is 5.76. The summed E-state index contributed by atoms with van der Waals surface area (Å²) in [4.78, 5) is 11.0. The maximum absolute atomic E-state index is 13.2. The molecule has 3 rings (SSSR count). The molecule has 1 heterocycles. The Morgan fingerprint density at radius 3 is 2.91 bits per heavy atom. The van der Waals surface area contributed by atoms with Gasteiger partial charge in [0.05, 0.1) is 5.92 Å². The van der Waals surface area contributed by atoms with Crippen molar-refractivity contribution in [2.75, 3.05) is 0 Å². The topological polar surface area (TPSA) is 26.3 Å². The van der Waals surface area contributed by atoms with Crippen molar-refractivity contribution in [1.29, 1.82) is 0 Å². The van der Waals surface area contributed by atoms with E-state index in [-0.39, 0.29) is 29.8 Å². The zero-order valence-electron chi connectivity index (χ0n) is 6.00. The fraction of sp³-hybridized carbons (Fsp3) is 0.875. The first kappa shape index (κ1) is 5.98. The number of hydrogen-bond donors (Lipinski definition) is 0. The lowest BCUT2D eigenvalue weighted by atomic mass is 9.89. The molecule has 1 aliphatic heterocycles. The van der Waals surface area contributed by atoms with Crippen LogP contribution in [0.4, 0.5) is 4.39 Å². The van der Waals surface area contributed by atoms with Gasteiger partial charge in [0.25, 0.3) is 0 Å². The first-order chi connectivity index (χ1) is 5.27. The van der Waals surface area contributed by atoms with Gasteiger partial charge in [0.2, 0.25) is 0 Å². The molecule has 0 aromatic carbocycles. The Balaban J connectivity index is 2.04. The summed E-state index contributed by atoms with van der Waals surface area (Å²) in [6.07, 6.45) is 0.387. The Morgan fingerprint density at radius 2 is 2.27 bits per heavy atom. The third kappa shape index (κ3) is 0.522. The Labute approximate surface area is 63.7 Å². The smallest absolute Gasteiger partial charge is 0.309 e. The zero-order chi connectivity index (χ0) is 7.59. The summed E-state index contributed by atoms with van der Waals surface area (Å²) in [7, 11) is 0. The number of ether oxygens (including phenoxy) is 1. The molecule has 3 fully saturated rings. The van der Waals surface area contributed by atoms with Gasteiger partial charge in [0.1, 0.15) is 12.3 Å². The first-order valence-corrected chi connectivity index (χ1v) is 4.12. The fourth-order valence-electron chi connectivity index (χ4n) is 2.88. The summed E-state index contributed by atoms with van der Waals surface area (Å²) in [5, 5.41) is 0. The van der Waals surface area contributed by atoms with Crippen LogP contribution in [-0.4, -0.2) is 18.2 Å². The van der Waals surface area contributed by atoms with Gasteiger partial charge in [-0.1, -0.05) is 0 Å². The van der Waals surface area contributed by atoms with Crippen molar-refractivity contribution in [2.45, 2.75) is 25.1 Å². The summed E-state index contributed by atoms with van der Waals surface area (Å²) in [6.45, 7) is 0. The number of halogens is 1. The van der Waals surface area contributed by atoms with Crippen molar-refractivity contribution < 1.29 is 13.9 Å². The van der Waals surface area contributed by atoms with Crippen LogP contribution in [0.15, 0.2) is 0 Å². The van der Waals surface area contributed by atoms with Crippen molar-refractivity contribution in [3.63, 3.8) is 0 Å². The van der Waals surface area contributed by atoms with Crippen LogP contribution < -0.4 is 0 Å². The second-order valence-electron chi connectivity index (χ2n) is 3.85. The zero-order valence-corrected chi connectivity index (χ0v) is 6.00. The third-order valence-corrected chi connectivity index (χ3v) is 3.39. The molecule has 1 saturated heterocycles. The Bertz CT molecular complexity index is 228. The van der Waals surface area contributed by atoms with Gasteiger partial charge in [-0.15, -0.1) is 0 Å². The van der Waals surface area contributed by atoms with Crippen LogP contribution in [0.1, 0.15) is 12.8 Å². The van der Waals surface area contributed by atoms with Gasteiger partial charge in [-0.05, 0) is 18.8 Å². The summed E-state index contributed by atoms with van der Waals surface area (Å²) in [6, 6.07) is 0. The Hall–Kier alpha value is -0.600. The second kappa shape index (κ2) is 1.59. The van der Waals surface area contributed by atoms with Crippen LogP contribution in [0, 0.1) is 17.8 Å². The van der Waals surface area contributed by atoms with Gasteiger partial charge >= 0.3 is 5.97 Å². The molecule has 0 aromatic rings. The van der Waals surface area contributed by atoms with Gasteiger partial charge in [0.15, 0.2) is 0 Å². The summed E-state index contributed by atoms with van der Waals surface area (Å²) in [5.41, 5.74) is 0. The number of carbonyl (C=O) groups is 1. The number of esters is 1. The van der Waals surface area contributed by atoms with E-state index >= 15 is 0 Å². The van der Waals surface area contributed by atoms with Crippen LogP contribution in [0.2, 0.25) is 0 Å². The Morgan fingerprint density at radius 1 is 1.45 bits per heavy atom. The molecule has 0 aromatic heterocycles. The van der Waals surface area contributed by atoms with Gasteiger partial charge in [-0.2, -0.15) is 0 Å².